The van der Waals surface area contributed by atoms with Crippen molar-refractivity contribution in [3.8, 4) is 5.75 Å². The van der Waals surface area contributed by atoms with E-state index >= 15 is 0 Å². The predicted molar refractivity (Wildman–Crippen MR) is 122 cm³/mol. The second kappa shape index (κ2) is 10.6. The molecule has 0 radical (unpaired) electrons. The number of hydrogen-bond donors (Lipinski definition) is 2. The lowest BCUT2D eigenvalue weighted by molar-refractivity contribution is -0.133. The molecule has 2 fully saturated rings. The number of hydrogen-bond acceptors (Lipinski definition) is 6. The molecule has 3 rings (SSSR count). The molecule has 0 spiro atoms. The number of carbonyl (C=O) groups excluding carboxylic acids is 3. The Kier molecular flexibility index (Phi) is 8.09. The number of rotatable bonds is 10. The molecule has 0 unspecified atom stereocenters. The van der Waals surface area contributed by atoms with Gasteiger partial charge >= 0.3 is 6.61 Å². The first-order valence-electron chi connectivity index (χ1n) is 11.3. The third kappa shape index (κ3) is 7.10. The molecule has 9 nitrogen and oxygen atoms in total. The summed E-state index contributed by atoms with van der Waals surface area (Å²) in [5.74, 6) is -1.81. The summed E-state index contributed by atoms with van der Waals surface area (Å²) in [6.07, 6.45) is 2.03. The van der Waals surface area contributed by atoms with Gasteiger partial charge in [-0.3, -0.25) is 19.3 Å². The minimum atomic E-state index is -3.16. The van der Waals surface area contributed by atoms with Crippen molar-refractivity contribution >= 4 is 29.1 Å². The van der Waals surface area contributed by atoms with Gasteiger partial charge in [-0.1, -0.05) is 20.8 Å². The van der Waals surface area contributed by atoms with Crippen LogP contribution in [0, 0.1) is 11.3 Å². The van der Waals surface area contributed by atoms with E-state index in [0.717, 1.165) is 12.8 Å². The van der Waals surface area contributed by atoms with Crippen molar-refractivity contribution < 1.29 is 32.6 Å². The highest BCUT2D eigenvalue weighted by Gasteiger charge is 2.37. The smallest absolute Gasteiger partial charge is 0.387 e. The van der Waals surface area contributed by atoms with E-state index < -0.39 is 24.5 Å². The molecule has 1 aromatic rings. The zero-order chi connectivity index (χ0) is 25.0. The highest BCUT2D eigenvalue weighted by atomic mass is 19.3. The van der Waals surface area contributed by atoms with Crippen molar-refractivity contribution in [1.82, 2.24) is 4.90 Å². The third-order valence-corrected chi connectivity index (χ3v) is 5.49. The van der Waals surface area contributed by atoms with E-state index in [-0.39, 0.29) is 35.9 Å². The van der Waals surface area contributed by atoms with Gasteiger partial charge in [0.15, 0.2) is 11.8 Å². The Morgan fingerprint density at radius 1 is 1.32 bits per heavy atom. The summed E-state index contributed by atoms with van der Waals surface area (Å²) in [5.41, 5.74) is 5.68. The SMILES string of the molecule is CC(C)(C)CN(CC1CC1)[C@@H](C(N)=O)C(=O)Nc1ccc(N2CCOCC2=O)cc1OC(F)F. The van der Waals surface area contributed by atoms with Gasteiger partial charge in [0.25, 0.3) is 11.8 Å². The maximum atomic E-state index is 13.2. The van der Waals surface area contributed by atoms with Gasteiger partial charge in [0.2, 0.25) is 5.91 Å². The minimum absolute atomic E-state index is 0.0526. The van der Waals surface area contributed by atoms with Gasteiger partial charge in [0.1, 0.15) is 6.61 Å². The van der Waals surface area contributed by atoms with E-state index in [1.807, 2.05) is 20.8 Å². The van der Waals surface area contributed by atoms with Crippen molar-refractivity contribution in [3.63, 3.8) is 0 Å². The average molecular weight is 483 g/mol. The van der Waals surface area contributed by atoms with Crippen molar-refractivity contribution in [2.45, 2.75) is 46.3 Å². The maximum absolute atomic E-state index is 13.2. The first kappa shape index (κ1) is 25.8. The predicted octanol–water partition coefficient (Wildman–Crippen LogP) is 2.20. The van der Waals surface area contributed by atoms with E-state index in [2.05, 4.69) is 10.1 Å². The Bertz CT molecular complexity index is 917. The van der Waals surface area contributed by atoms with Crippen LogP contribution in [-0.2, 0) is 19.1 Å². The molecular weight excluding hydrogens is 450 g/mol. The average Bonchev–Trinajstić information content (AvgIpc) is 3.52. The Labute approximate surface area is 197 Å². The Morgan fingerprint density at radius 3 is 2.59 bits per heavy atom. The van der Waals surface area contributed by atoms with Gasteiger partial charge in [0.05, 0.1) is 12.3 Å². The third-order valence-electron chi connectivity index (χ3n) is 5.49. The molecule has 2 aliphatic rings. The van der Waals surface area contributed by atoms with E-state index in [1.54, 1.807) is 4.90 Å². The number of carbonyl (C=O) groups is 3. The summed E-state index contributed by atoms with van der Waals surface area (Å²) in [6.45, 7) is 4.24. The number of amides is 3. The molecule has 11 heteroatoms. The summed E-state index contributed by atoms with van der Waals surface area (Å²) < 4.78 is 36.0. The summed E-state index contributed by atoms with van der Waals surface area (Å²) >= 11 is 0. The first-order chi connectivity index (χ1) is 15.9. The summed E-state index contributed by atoms with van der Waals surface area (Å²) in [4.78, 5) is 40.8. The summed E-state index contributed by atoms with van der Waals surface area (Å²) in [5, 5.41) is 2.53. The molecule has 1 aliphatic heterocycles. The number of anilines is 2. The van der Waals surface area contributed by atoms with Crippen LogP contribution in [0.15, 0.2) is 18.2 Å². The molecule has 188 valence electrons. The van der Waals surface area contributed by atoms with E-state index in [0.29, 0.717) is 31.3 Å². The molecule has 1 aromatic carbocycles. The summed E-state index contributed by atoms with van der Waals surface area (Å²) in [7, 11) is 0. The molecule has 3 N–H and O–H groups in total. The molecule has 0 bridgehead atoms. The number of nitrogens with zero attached hydrogens (tertiary/aromatic N) is 2. The topological polar surface area (TPSA) is 114 Å². The second-order valence-electron chi connectivity index (χ2n) is 9.88. The highest BCUT2D eigenvalue weighted by molar-refractivity contribution is 6.10. The van der Waals surface area contributed by atoms with Crippen LogP contribution in [0.3, 0.4) is 0 Å². The zero-order valence-electron chi connectivity index (χ0n) is 19.7. The minimum Gasteiger partial charge on any atom is -0.433 e. The van der Waals surface area contributed by atoms with Crippen molar-refractivity contribution in [3.05, 3.63) is 18.2 Å². The van der Waals surface area contributed by atoms with E-state index in [9.17, 15) is 23.2 Å². The molecule has 1 saturated carbocycles. The van der Waals surface area contributed by atoms with Crippen molar-refractivity contribution in [2.75, 3.05) is 43.1 Å². The van der Waals surface area contributed by atoms with Crippen LogP contribution in [-0.4, -0.2) is 68.1 Å². The van der Waals surface area contributed by atoms with Gasteiger partial charge in [-0.2, -0.15) is 8.78 Å². The van der Waals surface area contributed by atoms with Crippen LogP contribution in [0.2, 0.25) is 0 Å². The van der Waals surface area contributed by atoms with Crippen LogP contribution in [0.25, 0.3) is 0 Å². The lowest BCUT2D eigenvalue weighted by atomic mass is 9.94. The van der Waals surface area contributed by atoms with Crippen molar-refractivity contribution in [1.29, 1.82) is 0 Å². The normalized spacial score (nSPS) is 17.7. The van der Waals surface area contributed by atoms with Gasteiger partial charge in [0, 0.05) is 31.4 Å². The van der Waals surface area contributed by atoms with E-state index in [4.69, 9.17) is 10.5 Å². The Balaban J connectivity index is 1.86. The maximum Gasteiger partial charge on any atom is 0.387 e. The standard InChI is InChI=1S/C23H32F2N4O5/c1-23(2,3)13-28(11-14-4-5-14)19(20(26)31)21(32)27-16-7-6-15(10-17(16)34-22(24)25)29-8-9-33-12-18(29)30/h6-7,10,14,19,22H,4-5,8-9,11-13H2,1-3H3,(H2,26,31)(H,27,32)/t19-/m0/s1. The number of benzene rings is 1. The molecule has 0 aromatic heterocycles. The van der Waals surface area contributed by atoms with Crippen LogP contribution < -0.4 is 20.7 Å². The molecule has 3 amide bonds. The molecule has 1 aliphatic carbocycles. The molecule has 1 atom stereocenters. The molecule has 1 saturated heterocycles. The van der Waals surface area contributed by atoms with Gasteiger partial charge < -0.3 is 25.4 Å². The summed E-state index contributed by atoms with van der Waals surface area (Å²) in [6, 6.07) is 2.84. The fourth-order valence-corrected chi connectivity index (χ4v) is 3.95. The highest BCUT2D eigenvalue weighted by Crippen LogP contribution is 2.34. The Morgan fingerprint density at radius 2 is 2.03 bits per heavy atom. The van der Waals surface area contributed by atoms with E-state index in [1.165, 1.54) is 23.1 Å². The quantitative estimate of drug-likeness (QED) is 0.494. The number of alkyl halides is 2. The number of nitrogens with two attached hydrogens (primary N) is 1. The number of nitrogens with one attached hydrogen (secondary N) is 1. The Hall–Kier alpha value is -2.79. The largest absolute Gasteiger partial charge is 0.433 e. The molecule has 1 heterocycles. The fourth-order valence-electron chi connectivity index (χ4n) is 3.95. The van der Waals surface area contributed by atoms with Gasteiger partial charge in [-0.05, 0) is 36.3 Å². The van der Waals surface area contributed by atoms with Gasteiger partial charge in [-0.25, -0.2) is 0 Å². The van der Waals surface area contributed by atoms with Gasteiger partial charge in [-0.15, -0.1) is 0 Å². The zero-order valence-corrected chi connectivity index (χ0v) is 19.7. The number of morpholine rings is 1. The van der Waals surface area contributed by atoms with Crippen LogP contribution in [0.5, 0.6) is 5.75 Å². The number of halogens is 2. The van der Waals surface area contributed by atoms with Crippen LogP contribution in [0.1, 0.15) is 33.6 Å². The second-order valence-corrected chi connectivity index (χ2v) is 9.88. The monoisotopic (exact) mass is 482 g/mol. The van der Waals surface area contributed by atoms with Crippen molar-refractivity contribution in [2.24, 2.45) is 17.1 Å². The lowest BCUT2D eigenvalue weighted by Crippen LogP contribution is -2.54. The van der Waals surface area contributed by atoms with Crippen LogP contribution >= 0.6 is 0 Å². The fraction of sp³-hybridized carbons (Fsp3) is 0.609. The number of ether oxygens (including phenoxy) is 2. The number of primary amides is 1. The first-order valence-corrected chi connectivity index (χ1v) is 11.3. The van der Waals surface area contributed by atoms with Crippen LogP contribution in [0.4, 0.5) is 20.2 Å². The molecule has 34 heavy (non-hydrogen) atoms. The lowest BCUT2D eigenvalue weighted by Gasteiger charge is -2.34. The molecular formula is C23H32F2N4O5.